The number of benzene rings is 1. The van der Waals surface area contributed by atoms with Crippen molar-refractivity contribution in [3.63, 3.8) is 0 Å². The zero-order valence-corrected chi connectivity index (χ0v) is 10.5. The minimum absolute atomic E-state index is 0.00764. The molecule has 1 heterocycles. The average molecular weight is 273 g/mol. The summed E-state index contributed by atoms with van der Waals surface area (Å²) in [4.78, 5) is 29.7. The summed E-state index contributed by atoms with van der Waals surface area (Å²) in [6.07, 6.45) is 2.61. The molecule has 3 N–H and O–H groups in total. The van der Waals surface area contributed by atoms with E-state index in [2.05, 4.69) is 15.3 Å². The topological polar surface area (TPSA) is 124 Å². The lowest BCUT2D eigenvalue weighted by Crippen LogP contribution is -2.15. The molecular formula is C12H11N5O3. The second-order valence-corrected chi connectivity index (χ2v) is 4.04. The predicted molar refractivity (Wildman–Crippen MR) is 72.2 cm³/mol. The van der Waals surface area contributed by atoms with Gasteiger partial charge in [0, 0.05) is 17.3 Å². The molecule has 1 aromatic heterocycles. The second-order valence-electron chi connectivity index (χ2n) is 4.04. The van der Waals surface area contributed by atoms with Crippen LogP contribution in [-0.4, -0.2) is 20.8 Å². The molecule has 0 saturated heterocycles. The maximum Gasteiger partial charge on any atom is 0.275 e. The molecule has 102 valence electrons. The monoisotopic (exact) mass is 273 g/mol. The van der Waals surface area contributed by atoms with Gasteiger partial charge in [0.2, 0.25) is 0 Å². The molecule has 2 aromatic rings. The lowest BCUT2D eigenvalue weighted by Gasteiger charge is -2.06. The number of rotatable bonds is 3. The van der Waals surface area contributed by atoms with Crippen LogP contribution in [0.3, 0.4) is 0 Å². The van der Waals surface area contributed by atoms with Crippen molar-refractivity contribution in [3.8, 4) is 0 Å². The number of hydrogen-bond acceptors (Lipinski definition) is 6. The first-order chi connectivity index (χ1) is 9.47. The Morgan fingerprint density at radius 2 is 2.15 bits per heavy atom. The molecule has 0 aliphatic heterocycles. The van der Waals surface area contributed by atoms with Crippen LogP contribution in [0, 0.1) is 17.0 Å². The van der Waals surface area contributed by atoms with E-state index in [1.165, 1.54) is 30.6 Å². The standard InChI is InChI=1S/C12H11N5O3/c1-7-4-8(2-3-10(7)17(19)20)15-12(18)9-5-14-6-11(13)16-9/h2-6H,1H3,(H2,13,16)(H,15,18). The molecule has 8 nitrogen and oxygen atoms in total. The van der Waals surface area contributed by atoms with Crippen LogP contribution < -0.4 is 11.1 Å². The SMILES string of the molecule is Cc1cc(NC(=O)c2cncc(N)n2)ccc1[N+](=O)[O-]. The second kappa shape index (κ2) is 5.31. The number of hydrogen-bond donors (Lipinski definition) is 2. The maximum atomic E-state index is 11.9. The number of amides is 1. The van der Waals surface area contributed by atoms with E-state index in [9.17, 15) is 14.9 Å². The Labute approximate surface area is 113 Å². The van der Waals surface area contributed by atoms with Gasteiger partial charge in [0.05, 0.1) is 17.3 Å². The van der Waals surface area contributed by atoms with Gasteiger partial charge in [-0.3, -0.25) is 19.9 Å². The van der Waals surface area contributed by atoms with Crippen molar-refractivity contribution >= 4 is 23.1 Å². The molecule has 2 rings (SSSR count). The average Bonchev–Trinajstić information content (AvgIpc) is 2.38. The smallest absolute Gasteiger partial charge is 0.275 e. The summed E-state index contributed by atoms with van der Waals surface area (Å²) in [5.74, 6) is -0.351. The summed E-state index contributed by atoms with van der Waals surface area (Å²) in [6, 6.07) is 4.29. The number of nitrogen functional groups attached to an aromatic ring is 1. The number of anilines is 2. The van der Waals surface area contributed by atoms with Crippen LogP contribution in [-0.2, 0) is 0 Å². The Kier molecular flexibility index (Phi) is 3.56. The Hall–Kier alpha value is -3.03. The van der Waals surface area contributed by atoms with Gasteiger partial charge in [-0.2, -0.15) is 0 Å². The molecule has 0 radical (unpaired) electrons. The zero-order valence-electron chi connectivity index (χ0n) is 10.5. The van der Waals surface area contributed by atoms with Crippen molar-refractivity contribution in [3.05, 3.63) is 52.0 Å². The molecule has 1 aromatic carbocycles. The van der Waals surface area contributed by atoms with Gasteiger partial charge in [-0.15, -0.1) is 0 Å². The third-order valence-electron chi connectivity index (χ3n) is 2.54. The number of nitro benzene ring substituents is 1. The third-order valence-corrected chi connectivity index (χ3v) is 2.54. The van der Waals surface area contributed by atoms with Crippen LogP contribution in [0.25, 0.3) is 0 Å². The van der Waals surface area contributed by atoms with Crippen LogP contribution in [0.15, 0.2) is 30.6 Å². The Bertz CT molecular complexity index is 687. The molecule has 8 heteroatoms. The molecule has 0 aliphatic carbocycles. The predicted octanol–water partition coefficient (Wildman–Crippen LogP) is 1.53. The van der Waals surface area contributed by atoms with Crippen molar-refractivity contribution in [2.24, 2.45) is 0 Å². The summed E-state index contributed by atoms with van der Waals surface area (Å²) in [5, 5.41) is 13.3. The van der Waals surface area contributed by atoms with Gasteiger partial charge in [0.25, 0.3) is 11.6 Å². The Balaban J connectivity index is 2.20. The number of carbonyl (C=O) groups excluding carboxylic acids is 1. The van der Waals surface area contributed by atoms with Crippen molar-refractivity contribution in [1.82, 2.24) is 9.97 Å². The van der Waals surface area contributed by atoms with E-state index in [0.29, 0.717) is 11.3 Å². The minimum atomic E-state index is -0.488. The van der Waals surface area contributed by atoms with E-state index >= 15 is 0 Å². The Morgan fingerprint density at radius 3 is 2.75 bits per heavy atom. The molecule has 0 saturated carbocycles. The van der Waals surface area contributed by atoms with E-state index < -0.39 is 10.8 Å². The molecule has 1 amide bonds. The number of nitro groups is 1. The highest BCUT2D eigenvalue weighted by molar-refractivity contribution is 6.02. The first kappa shape index (κ1) is 13.4. The van der Waals surface area contributed by atoms with Crippen LogP contribution in [0.5, 0.6) is 0 Å². The first-order valence-electron chi connectivity index (χ1n) is 5.61. The zero-order chi connectivity index (χ0) is 14.7. The van der Waals surface area contributed by atoms with Gasteiger partial charge in [0.15, 0.2) is 0 Å². The fraction of sp³-hybridized carbons (Fsp3) is 0.0833. The molecule has 20 heavy (non-hydrogen) atoms. The van der Waals surface area contributed by atoms with Gasteiger partial charge in [-0.05, 0) is 19.1 Å². The number of aromatic nitrogens is 2. The van der Waals surface area contributed by atoms with E-state index in [1.54, 1.807) is 6.92 Å². The maximum absolute atomic E-state index is 11.9. The summed E-state index contributed by atoms with van der Waals surface area (Å²) in [5.41, 5.74) is 6.38. The fourth-order valence-corrected chi connectivity index (χ4v) is 1.62. The van der Waals surface area contributed by atoms with Crippen LogP contribution >= 0.6 is 0 Å². The van der Waals surface area contributed by atoms with Gasteiger partial charge >= 0.3 is 0 Å². The van der Waals surface area contributed by atoms with Gasteiger partial charge in [0.1, 0.15) is 11.5 Å². The van der Waals surface area contributed by atoms with E-state index in [1.807, 2.05) is 0 Å². The number of nitrogens with one attached hydrogen (secondary N) is 1. The normalized spacial score (nSPS) is 10.1. The summed E-state index contributed by atoms with van der Waals surface area (Å²) < 4.78 is 0. The molecule has 0 aliphatic rings. The number of nitrogens with two attached hydrogens (primary N) is 1. The highest BCUT2D eigenvalue weighted by Crippen LogP contribution is 2.21. The van der Waals surface area contributed by atoms with Crippen molar-refractivity contribution in [2.45, 2.75) is 6.92 Å². The van der Waals surface area contributed by atoms with E-state index in [0.717, 1.165) is 0 Å². The number of aryl methyl sites for hydroxylation is 1. The van der Waals surface area contributed by atoms with E-state index in [-0.39, 0.29) is 17.2 Å². The van der Waals surface area contributed by atoms with Crippen LogP contribution in [0.4, 0.5) is 17.2 Å². The summed E-state index contributed by atoms with van der Waals surface area (Å²) in [7, 11) is 0. The summed E-state index contributed by atoms with van der Waals surface area (Å²) in [6.45, 7) is 1.59. The molecule has 0 unspecified atom stereocenters. The van der Waals surface area contributed by atoms with Gasteiger partial charge in [-0.25, -0.2) is 4.98 Å². The molecule has 0 spiro atoms. The van der Waals surface area contributed by atoms with Crippen LogP contribution in [0.1, 0.15) is 16.1 Å². The summed E-state index contributed by atoms with van der Waals surface area (Å²) >= 11 is 0. The van der Waals surface area contributed by atoms with Crippen LogP contribution in [0.2, 0.25) is 0 Å². The first-order valence-corrected chi connectivity index (χ1v) is 5.61. The lowest BCUT2D eigenvalue weighted by atomic mass is 10.2. The molecular weight excluding hydrogens is 262 g/mol. The largest absolute Gasteiger partial charge is 0.382 e. The highest BCUT2D eigenvalue weighted by atomic mass is 16.6. The van der Waals surface area contributed by atoms with Crippen molar-refractivity contribution in [1.29, 1.82) is 0 Å². The van der Waals surface area contributed by atoms with Crippen molar-refractivity contribution in [2.75, 3.05) is 11.1 Å². The van der Waals surface area contributed by atoms with Gasteiger partial charge < -0.3 is 11.1 Å². The number of carbonyl (C=O) groups is 1. The Morgan fingerprint density at radius 1 is 1.40 bits per heavy atom. The minimum Gasteiger partial charge on any atom is -0.382 e. The van der Waals surface area contributed by atoms with Crippen molar-refractivity contribution < 1.29 is 9.72 Å². The molecule has 0 atom stereocenters. The number of nitrogens with zero attached hydrogens (tertiary/aromatic N) is 3. The lowest BCUT2D eigenvalue weighted by molar-refractivity contribution is -0.385. The van der Waals surface area contributed by atoms with E-state index in [4.69, 9.17) is 5.73 Å². The quantitative estimate of drug-likeness (QED) is 0.645. The molecule has 0 fully saturated rings. The highest BCUT2D eigenvalue weighted by Gasteiger charge is 2.13. The van der Waals surface area contributed by atoms with Gasteiger partial charge in [-0.1, -0.05) is 0 Å². The molecule has 0 bridgehead atoms. The third kappa shape index (κ3) is 2.86. The fourth-order valence-electron chi connectivity index (χ4n) is 1.62.